The molecule has 0 aliphatic heterocycles. The predicted molar refractivity (Wildman–Crippen MR) is 65.3 cm³/mol. The van der Waals surface area contributed by atoms with E-state index in [9.17, 15) is 18.0 Å². The van der Waals surface area contributed by atoms with Gasteiger partial charge in [0.2, 0.25) is 0 Å². The lowest BCUT2D eigenvalue weighted by molar-refractivity contribution is 0.0619. The summed E-state index contributed by atoms with van der Waals surface area (Å²) in [4.78, 5) is 12.8. The van der Waals surface area contributed by atoms with Gasteiger partial charge in [0.1, 0.15) is 5.82 Å². The second-order valence-corrected chi connectivity index (χ2v) is 3.77. The average molecular weight is 270 g/mol. The predicted octanol–water partition coefficient (Wildman–Crippen LogP) is 1.47. The third-order valence-corrected chi connectivity index (χ3v) is 2.30. The topological polar surface area (TPSA) is 46.3 Å². The maximum absolute atomic E-state index is 13.2. The lowest BCUT2D eigenvalue weighted by Gasteiger charge is -2.17. The van der Waals surface area contributed by atoms with Gasteiger partial charge in [-0.2, -0.15) is 0 Å². The molecular formula is C13H13F3N2O. The van der Waals surface area contributed by atoms with Crippen molar-refractivity contribution in [3.8, 4) is 11.8 Å². The van der Waals surface area contributed by atoms with Gasteiger partial charge in [0.25, 0.3) is 12.3 Å². The molecule has 1 aromatic carbocycles. The van der Waals surface area contributed by atoms with E-state index in [2.05, 4.69) is 11.8 Å². The highest BCUT2D eigenvalue weighted by molar-refractivity contribution is 5.96. The highest BCUT2D eigenvalue weighted by Crippen LogP contribution is 2.13. The molecule has 0 heterocycles. The summed E-state index contributed by atoms with van der Waals surface area (Å²) in [5.41, 5.74) is 5.43. The normalized spacial score (nSPS) is 10.0. The highest BCUT2D eigenvalue weighted by Gasteiger charge is 2.18. The Morgan fingerprint density at radius 1 is 1.47 bits per heavy atom. The van der Waals surface area contributed by atoms with Gasteiger partial charge >= 0.3 is 0 Å². The Labute approximate surface area is 109 Å². The molecule has 0 radical (unpaired) electrons. The molecule has 19 heavy (non-hydrogen) atoms. The van der Waals surface area contributed by atoms with Gasteiger partial charge in [-0.05, 0) is 18.2 Å². The van der Waals surface area contributed by atoms with Crippen LogP contribution in [0.3, 0.4) is 0 Å². The van der Waals surface area contributed by atoms with Gasteiger partial charge in [0.05, 0.1) is 18.7 Å². The Kier molecular flexibility index (Phi) is 5.39. The number of carbonyl (C=O) groups is 1. The minimum Gasteiger partial charge on any atom is -0.336 e. The van der Waals surface area contributed by atoms with Crippen molar-refractivity contribution in [1.82, 2.24) is 4.90 Å². The Bertz CT molecular complexity index is 520. The van der Waals surface area contributed by atoms with Crippen LogP contribution < -0.4 is 5.73 Å². The number of alkyl halides is 2. The molecule has 1 aromatic rings. The van der Waals surface area contributed by atoms with E-state index in [1.54, 1.807) is 0 Å². The Balaban J connectivity index is 3.09. The molecule has 102 valence electrons. The van der Waals surface area contributed by atoms with E-state index < -0.39 is 24.7 Å². The molecule has 0 aliphatic carbocycles. The first kappa shape index (κ1) is 15.1. The zero-order chi connectivity index (χ0) is 14.4. The molecular weight excluding hydrogens is 257 g/mol. The third-order valence-electron chi connectivity index (χ3n) is 2.30. The molecule has 6 heteroatoms. The first-order chi connectivity index (χ1) is 8.95. The minimum absolute atomic E-state index is 0.0518. The average Bonchev–Trinajstić information content (AvgIpc) is 2.35. The number of amides is 1. The number of hydrogen-bond acceptors (Lipinski definition) is 2. The van der Waals surface area contributed by atoms with Crippen LogP contribution in [-0.4, -0.2) is 37.4 Å². The zero-order valence-corrected chi connectivity index (χ0v) is 10.3. The van der Waals surface area contributed by atoms with Crippen molar-refractivity contribution < 1.29 is 18.0 Å². The van der Waals surface area contributed by atoms with Crippen molar-refractivity contribution in [3.63, 3.8) is 0 Å². The Morgan fingerprint density at radius 2 is 2.16 bits per heavy atom. The van der Waals surface area contributed by atoms with E-state index in [1.165, 1.54) is 13.1 Å². The van der Waals surface area contributed by atoms with Gasteiger partial charge in [0, 0.05) is 12.6 Å². The molecule has 1 rings (SSSR count). The summed E-state index contributed by atoms with van der Waals surface area (Å²) < 4.78 is 37.6. The van der Waals surface area contributed by atoms with E-state index in [0.717, 1.165) is 17.0 Å². The molecule has 0 fully saturated rings. The molecule has 1 amide bonds. The summed E-state index contributed by atoms with van der Waals surface area (Å²) in [6, 6.07) is 3.44. The standard InChI is InChI=1S/C13H13F3N2O/c1-18(8-12(15)16)13(19)11-7-10(14)5-4-9(11)3-2-6-17/h4-5,7,12H,6,8,17H2,1H3. The number of rotatable bonds is 3. The highest BCUT2D eigenvalue weighted by atomic mass is 19.3. The van der Waals surface area contributed by atoms with Gasteiger partial charge in [-0.15, -0.1) is 0 Å². The van der Waals surface area contributed by atoms with Gasteiger partial charge in [-0.3, -0.25) is 4.79 Å². The number of halogens is 3. The van der Waals surface area contributed by atoms with Crippen LogP contribution in [-0.2, 0) is 0 Å². The summed E-state index contributed by atoms with van der Waals surface area (Å²) in [6.07, 6.45) is -2.65. The molecule has 0 aromatic heterocycles. The fourth-order valence-corrected chi connectivity index (χ4v) is 1.44. The summed E-state index contributed by atoms with van der Waals surface area (Å²) in [5.74, 6) is 3.81. The maximum atomic E-state index is 13.2. The van der Waals surface area contributed by atoms with Crippen molar-refractivity contribution in [2.45, 2.75) is 6.43 Å². The number of nitrogens with two attached hydrogens (primary N) is 1. The van der Waals surface area contributed by atoms with Crippen LogP contribution in [0.1, 0.15) is 15.9 Å². The maximum Gasteiger partial charge on any atom is 0.255 e. The fourth-order valence-electron chi connectivity index (χ4n) is 1.44. The molecule has 0 aliphatic rings. The monoisotopic (exact) mass is 270 g/mol. The van der Waals surface area contributed by atoms with Crippen molar-refractivity contribution in [3.05, 3.63) is 35.1 Å². The lowest BCUT2D eigenvalue weighted by atomic mass is 10.1. The SMILES string of the molecule is CN(CC(F)F)C(=O)c1cc(F)ccc1C#CCN. The molecule has 2 N–H and O–H groups in total. The van der Waals surface area contributed by atoms with E-state index >= 15 is 0 Å². The first-order valence-electron chi connectivity index (χ1n) is 5.47. The van der Waals surface area contributed by atoms with E-state index in [4.69, 9.17) is 5.73 Å². The van der Waals surface area contributed by atoms with Crippen LogP contribution in [0.15, 0.2) is 18.2 Å². The van der Waals surface area contributed by atoms with Crippen molar-refractivity contribution in [2.75, 3.05) is 20.1 Å². The van der Waals surface area contributed by atoms with Gasteiger partial charge in [-0.25, -0.2) is 13.2 Å². The third kappa shape index (κ3) is 4.30. The van der Waals surface area contributed by atoms with Crippen LogP contribution in [0.2, 0.25) is 0 Å². The molecule has 0 saturated heterocycles. The molecule has 3 nitrogen and oxygen atoms in total. The minimum atomic E-state index is -2.65. The number of hydrogen-bond donors (Lipinski definition) is 1. The van der Waals surface area contributed by atoms with Crippen molar-refractivity contribution in [2.24, 2.45) is 5.73 Å². The Hall–Kier alpha value is -2.00. The van der Waals surface area contributed by atoms with Crippen LogP contribution in [0.5, 0.6) is 0 Å². The summed E-state index contributed by atoms with van der Waals surface area (Å²) in [7, 11) is 1.22. The van der Waals surface area contributed by atoms with Crippen LogP contribution >= 0.6 is 0 Å². The Morgan fingerprint density at radius 3 is 2.74 bits per heavy atom. The fraction of sp³-hybridized carbons (Fsp3) is 0.308. The molecule has 0 unspecified atom stereocenters. The second-order valence-electron chi connectivity index (χ2n) is 3.77. The number of nitrogens with zero attached hydrogens (tertiary/aromatic N) is 1. The largest absolute Gasteiger partial charge is 0.336 e. The smallest absolute Gasteiger partial charge is 0.255 e. The van der Waals surface area contributed by atoms with Gasteiger partial charge in [-0.1, -0.05) is 11.8 Å². The van der Waals surface area contributed by atoms with Crippen LogP contribution in [0.25, 0.3) is 0 Å². The first-order valence-corrected chi connectivity index (χ1v) is 5.47. The summed E-state index contributed by atoms with van der Waals surface area (Å²) in [5, 5.41) is 0. The summed E-state index contributed by atoms with van der Waals surface area (Å²) in [6.45, 7) is -0.642. The van der Waals surface area contributed by atoms with Gasteiger partial charge in [0.15, 0.2) is 0 Å². The van der Waals surface area contributed by atoms with Crippen molar-refractivity contribution >= 4 is 5.91 Å². The van der Waals surface area contributed by atoms with E-state index in [0.29, 0.717) is 0 Å². The zero-order valence-electron chi connectivity index (χ0n) is 10.3. The molecule has 0 atom stereocenters. The number of benzene rings is 1. The van der Waals surface area contributed by atoms with E-state index in [-0.39, 0.29) is 17.7 Å². The molecule has 0 bridgehead atoms. The van der Waals surface area contributed by atoms with E-state index in [1.807, 2.05) is 0 Å². The van der Waals surface area contributed by atoms with Crippen molar-refractivity contribution in [1.29, 1.82) is 0 Å². The molecule has 0 saturated carbocycles. The summed E-state index contributed by atoms with van der Waals surface area (Å²) >= 11 is 0. The second kappa shape index (κ2) is 6.81. The molecule has 0 spiro atoms. The van der Waals surface area contributed by atoms with Gasteiger partial charge < -0.3 is 10.6 Å². The number of carbonyl (C=O) groups excluding carboxylic acids is 1. The van der Waals surface area contributed by atoms with Crippen LogP contribution in [0, 0.1) is 17.7 Å². The quantitative estimate of drug-likeness (QED) is 0.845. The van der Waals surface area contributed by atoms with Crippen LogP contribution in [0.4, 0.5) is 13.2 Å². The lowest BCUT2D eigenvalue weighted by Crippen LogP contribution is -2.31.